The molecule has 2 amide bonds. The van der Waals surface area contributed by atoms with Crippen LogP contribution >= 0.6 is 0 Å². The Morgan fingerprint density at radius 3 is 2.02 bits per heavy atom. The van der Waals surface area contributed by atoms with E-state index in [1.165, 1.54) is 0 Å². The molecule has 1 saturated heterocycles. The fourth-order valence-corrected chi connectivity index (χ4v) is 11.4. The van der Waals surface area contributed by atoms with Crippen molar-refractivity contribution in [1.29, 1.82) is 0 Å². The van der Waals surface area contributed by atoms with Crippen LogP contribution in [0.15, 0.2) is 91.0 Å². The number of pyridine rings is 1. The summed E-state index contributed by atoms with van der Waals surface area (Å²) in [5, 5.41) is 7.24. The van der Waals surface area contributed by atoms with Crippen molar-refractivity contribution < 1.29 is 23.5 Å². The number of hydrogen-bond donors (Lipinski definition) is 1. The first kappa shape index (κ1) is 36.2. The van der Waals surface area contributed by atoms with E-state index in [-0.39, 0.29) is 30.7 Å². The number of benzene rings is 3. The predicted octanol–water partition coefficient (Wildman–Crippen LogP) is 6.48. The lowest BCUT2D eigenvalue weighted by Gasteiger charge is -2.46. The summed E-state index contributed by atoms with van der Waals surface area (Å²) in [6.07, 6.45) is -1.41. The molecular weight excluding hydrogens is 631 g/mol. The van der Waals surface area contributed by atoms with Gasteiger partial charge in [0.1, 0.15) is 5.60 Å². The Morgan fingerprint density at radius 1 is 0.878 bits per heavy atom. The molecule has 1 aromatic heterocycles. The summed E-state index contributed by atoms with van der Waals surface area (Å²) in [6, 6.07) is 30.4. The Bertz CT molecular complexity index is 1730. The van der Waals surface area contributed by atoms with Crippen LogP contribution in [0.3, 0.4) is 0 Å². The van der Waals surface area contributed by atoms with E-state index in [0.29, 0.717) is 0 Å². The van der Waals surface area contributed by atoms with E-state index in [2.05, 4.69) is 50.4 Å². The van der Waals surface area contributed by atoms with Gasteiger partial charge in [0.15, 0.2) is 6.10 Å². The number of nitrogens with one attached hydrogen (secondary N) is 1. The zero-order chi connectivity index (χ0) is 35.6. The highest BCUT2D eigenvalue weighted by Gasteiger charge is 2.51. The average molecular weight is 682 g/mol. The third-order valence-electron chi connectivity index (χ3n) is 9.02. The molecule has 1 aliphatic rings. The lowest BCUT2D eigenvalue weighted by Crippen LogP contribution is -2.68. The molecule has 8 nitrogen and oxygen atoms in total. The summed E-state index contributed by atoms with van der Waals surface area (Å²) in [6.45, 7) is 18.3. The molecule has 260 valence electrons. The van der Waals surface area contributed by atoms with Crippen molar-refractivity contribution in [2.24, 2.45) is 0 Å². The van der Waals surface area contributed by atoms with Crippen LogP contribution in [-0.2, 0) is 24.2 Å². The SMILES string of the molecule is Cc1cc2ccccc2c(C(C)(C)NC(=O)[C@@H]2CN(C(=O)OC(C)(C)C)[C@H](CO[Si](c3ccccc3)(c3ccccc3)C(C)(C)C)CO2)n1. The lowest BCUT2D eigenvalue weighted by molar-refractivity contribution is -0.144. The van der Waals surface area contributed by atoms with Gasteiger partial charge in [-0.05, 0) is 68.4 Å². The normalized spacial score (nSPS) is 17.5. The van der Waals surface area contributed by atoms with Gasteiger partial charge < -0.3 is 19.2 Å². The minimum atomic E-state index is -2.90. The van der Waals surface area contributed by atoms with Crippen LogP contribution in [0, 0.1) is 6.92 Å². The van der Waals surface area contributed by atoms with Gasteiger partial charge in [0, 0.05) is 11.1 Å². The van der Waals surface area contributed by atoms with Gasteiger partial charge >= 0.3 is 6.09 Å². The highest BCUT2D eigenvalue weighted by atomic mass is 28.4. The number of amides is 2. The Labute approximate surface area is 292 Å². The standard InChI is InChI=1S/C40H51N3O5Si/c1-28-24-29-18-16-17-23-33(29)35(41-28)40(8,9)42-36(44)34-25-43(37(45)48-38(2,3)4)30(26-46-34)27-47-49(39(5,6)7,31-19-12-10-13-20-31)32-21-14-11-15-22-32/h10-24,30,34H,25-27H2,1-9H3,(H,42,44)/t30-,34-/m0/s1. The van der Waals surface area contributed by atoms with E-state index in [0.717, 1.165) is 32.5 Å². The number of carbonyl (C=O) groups is 2. The third kappa shape index (κ3) is 7.90. The van der Waals surface area contributed by atoms with E-state index >= 15 is 0 Å². The van der Waals surface area contributed by atoms with Crippen molar-refractivity contribution in [1.82, 2.24) is 15.2 Å². The van der Waals surface area contributed by atoms with E-state index in [1.54, 1.807) is 4.90 Å². The first-order valence-electron chi connectivity index (χ1n) is 17.1. The van der Waals surface area contributed by atoms with Crippen molar-refractivity contribution in [3.8, 4) is 0 Å². The molecule has 0 unspecified atom stereocenters. The van der Waals surface area contributed by atoms with Crippen molar-refractivity contribution in [2.75, 3.05) is 19.8 Å². The van der Waals surface area contributed by atoms with E-state index < -0.39 is 37.7 Å². The number of nitrogens with zero attached hydrogens (tertiary/aromatic N) is 2. The van der Waals surface area contributed by atoms with Gasteiger partial charge in [-0.2, -0.15) is 0 Å². The van der Waals surface area contributed by atoms with Gasteiger partial charge in [-0.1, -0.05) is 106 Å². The number of aromatic nitrogens is 1. The van der Waals surface area contributed by atoms with Crippen LogP contribution in [0.4, 0.5) is 4.79 Å². The second-order valence-corrected chi connectivity index (χ2v) is 19.8. The lowest BCUT2D eigenvalue weighted by atomic mass is 9.93. The summed E-state index contributed by atoms with van der Waals surface area (Å²) in [4.78, 5) is 34.2. The van der Waals surface area contributed by atoms with Crippen LogP contribution in [0.25, 0.3) is 10.8 Å². The summed E-state index contributed by atoms with van der Waals surface area (Å²) in [5.74, 6) is -0.322. The molecular formula is C40H51N3O5Si. The second kappa shape index (κ2) is 14.1. The third-order valence-corrected chi connectivity index (χ3v) is 14.0. The highest BCUT2D eigenvalue weighted by Crippen LogP contribution is 2.37. The Hall–Kier alpha value is -4.05. The number of carbonyl (C=O) groups excluding carboxylic acids is 2. The van der Waals surface area contributed by atoms with Gasteiger partial charge in [-0.3, -0.25) is 14.7 Å². The van der Waals surface area contributed by atoms with Crippen LogP contribution < -0.4 is 15.7 Å². The molecule has 49 heavy (non-hydrogen) atoms. The monoisotopic (exact) mass is 681 g/mol. The smallest absolute Gasteiger partial charge is 0.410 e. The molecule has 0 radical (unpaired) electrons. The Kier molecular flexibility index (Phi) is 10.4. The Balaban J connectivity index is 1.42. The van der Waals surface area contributed by atoms with Crippen molar-refractivity contribution in [2.45, 2.75) is 90.6 Å². The molecule has 0 aliphatic carbocycles. The minimum absolute atomic E-state index is 0.0214. The number of rotatable bonds is 8. The number of ether oxygens (including phenoxy) is 2. The fourth-order valence-electron chi connectivity index (χ4n) is 6.78. The molecule has 1 N–H and O–H groups in total. The topological polar surface area (TPSA) is 90.0 Å². The largest absolute Gasteiger partial charge is 0.444 e. The highest BCUT2D eigenvalue weighted by molar-refractivity contribution is 6.99. The molecule has 1 fully saturated rings. The van der Waals surface area contributed by atoms with Gasteiger partial charge in [0.2, 0.25) is 0 Å². The van der Waals surface area contributed by atoms with Gasteiger partial charge in [-0.15, -0.1) is 0 Å². The van der Waals surface area contributed by atoms with E-state index in [1.807, 2.05) is 108 Å². The number of hydrogen-bond acceptors (Lipinski definition) is 6. The molecule has 0 saturated carbocycles. The van der Waals surface area contributed by atoms with Crippen LogP contribution in [0.1, 0.15) is 66.8 Å². The van der Waals surface area contributed by atoms with Gasteiger partial charge in [0.25, 0.3) is 14.2 Å². The first-order valence-corrected chi connectivity index (χ1v) is 19.0. The minimum Gasteiger partial charge on any atom is -0.444 e. The maximum absolute atomic E-state index is 13.9. The van der Waals surface area contributed by atoms with Crippen molar-refractivity contribution in [3.63, 3.8) is 0 Å². The summed E-state index contributed by atoms with van der Waals surface area (Å²) in [7, 11) is -2.90. The van der Waals surface area contributed by atoms with Crippen molar-refractivity contribution in [3.05, 3.63) is 102 Å². The zero-order valence-corrected chi connectivity index (χ0v) is 31.4. The molecule has 0 spiro atoms. The van der Waals surface area contributed by atoms with E-state index in [9.17, 15) is 9.59 Å². The maximum atomic E-state index is 13.9. The molecule has 1 aliphatic heterocycles. The molecule has 2 atom stereocenters. The van der Waals surface area contributed by atoms with Gasteiger partial charge in [0.05, 0.1) is 37.0 Å². The summed E-state index contributed by atoms with van der Waals surface area (Å²) < 4.78 is 19.4. The van der Waals surface area contributed by atoms with Crippen molar-refractivity contribution >= 4 is 41.5 Å². The predicted molar refractivity (Wildman–Crippen MR) is 198 cm³/mol. The first-order chi connectivity index (χ1) is 23.0. The Morgan fingerprint density at radius 2 is 1.45 bits per heavy atom. The second-order valence-electron chi connectivity index (χ2n) is 15.5. The molecule has 0 bridgehead atoms. The molecule has 4 aromatic rings. The van der Waals surface area contributed by atoms with Gasteiger partial charge in [-0.25, -0.2) is 4.79 Å². The summed E-state index contributed by atoms with van der Waals surface area (Å²) >= 11 is 0. The number of morpholine rings is 1. The van der Waals surface area contributed by atoms with Crippen LogP contribution in [0.2, 0.25) is 5.04 Å². The van der Waals surface area contributed by atoms with Crippen LogP contribution in [-0.4, -0.2) is 67.7 Å². The zero-order valence-electron chi connectivity index (χ0n) is 30.4. The quantitative estimate of drug-likeness (QED) is 0.215. The summed E-state index contributed by atoms with van der Waals surface area (Å²) in [5.41, 5.74) is 0.0975. The molecule has 5 rings (SSSR count). The average Bonchev–Trinajstić information content (AvgIpc) is 3.04. The molecule has 3 aromatic carbocycles. The molecule has 9 heteroatoms. The van der Waals surface area contributed by atoms with E-state index in [4.69, 9.17) is 18.9 Å². The maximum Gasteiger partial charge on any atom is 0.410 e. The number of fused-ring (bicyclic) bond motifs is 1. The number of aryl methyl sites for hydroxylation is 1. The molecule has 2 heterocycles. The van der Waals surface area contributed by atoms with Crippen LogP contribution in [0.5, 0.6) is 0 Å². The fraction of sp³-hybridized carbons (Fsp3) is 0.425.